The first-order valence-electron chi connectivity index (χ1n) is 12.6. The van der Waals surface area contributed by atoms with Crippen LogP contribution in [-0.4, -0.2) is 75.2 Å². The van der Waals surface area contributed by atoms with E-state index in [1.54, 1.807) is 21.9 Å². The molecule has 0 radical (unpaired) electrons. The first kappa shape index (κ1) is 28.1. The minimum atomic E-state index is -3.35. The quantitative estimate of drug-likeness (QED) is 0.269. The second-order valence-corrected chi connectivity index (χ2v) is 13.0. The Bertz CT molecular complexity index is 1270. The number of hydrogen-bond donors (Lipinski definition) is 5. The summed E-state index contributed by atoms with van der Waals surface area (Å²) in [7, 11) is -4.45. The van der Waals surface area contributed by atoms with E-state index >= 15 is 0 Å². The predicted octanol–water partition coefficient (Wildman–Crippen LogP) is 3.14. The fourth-order valence-corrected chi connectivity index (χ4v) is 6.94. The van der Waals surface area contributed by atoms with Gasteiger partial charge in [0.25, 0.3) is 0 Å². The Balaban J connectivity index is 1.50. The van der Waals surface area contributed by atoms with E-state index in [0.717, 1.165) is 5.56 Å². The number of rotatable bonds is 10. The van der Waals surface area contributed by atoms with Crippen molar-refractivity contribution in [3.05, 3.63) is 35.9 Å². The maximum Gasteiger partial charge on any atom is 0.374 e. The highest BCUT2D eigenvalue weighted by Crippen LogP contribution is 2.30. The highest BCUT2D eigenvalue weighted by atomic mass is 32.2. The number of benzene rings is 1. The molecular formula is C24H35N7O5S2. The second-order valence-electron chi connectivity index (χ2n) is 9.49. The van der Waals surface area contributed by atoms with E-state index in [1.807, 2.05) is 32.0 Å². The number of sulfonamides is 1. The van der Waals surface area contributed by atoms with E-state index in [0.29, 0.717) is 62.8 Å². The van der Waals surface area contributed by atoms with Crippen LogP contribution in [0.15, 0.2) is 30.3 Å². The van der Waals surface area contributed by atoms with Crippen LogP contribution in [0.25, 0.3) is 0 Å². The van der Waals surface area contributed by atoms with E-state index in [9.17, 15) is 23.4 Å². The van der Waals surface area contributed by atoms with Crippen molar-refractivity contribution in [2.75, 3.05) is 45.8 Å². The van der Waals surface area contributed by atoms with Gasteiger partial charge in [-0.25, -0.2) is 13.2 Å². The summed E-state index contributed by atoms with van der Waals surface area (Å²) in [4.78, 5) is 23.0. The first-order valence-corrected chi connectivity index (χ1v) is 15.5. The fourth-order valence-electron chi connectivity index (χ4n) is 4.25. The molecule has 2 unspecified atom stereocenters. The summed E-state index contributed by atoms with van der Waals surface area (Å²) < 4.78 is 28.2. The summed E-state index contributed by atoms with van der Waals surface area (Å²) in [6.45, 7) is 6.05. The lowest BCUT2D eigenvalue weighted by Crippen LogP contribution is -2.36. The molecule has 4 rings (SSSR count). The average molecular weight is 566 g/mol. The molecule has 1 saturated heterocycles. The van der Waals surface area contributed by atoms with Gasteiger partial charge in [-0.15, -0.1) is 0 Å². The number of carbonyl (C=O) groups is 1. The van der Waals surface area contributed by atoms with Gasteiger partial charge in [0.05, 0.1) is 11.9 Å². The SMILES string of the molecule is CCCS(=O)(=O)Nc1ccc(CNc2cc(N3CCC(O)CC3)nc(NN3CC(C)C=S3C(=O)O)n2)cc1. The molecule has 38 heavy (non-hydrogen) atoms. The number of anilines is 4. The normalized spacial score (nSPS) is 20.7. The van der Waals surface area contributed by atoms with Gasteiger partial charge in [0.1, 0.15) is 11.6 Å². The van der Waals surface area contributed by atoms with Gasteiger partial charge in [-0.3, -0.25) is 10.1 Å². The van der Waals surface area contributed by atoms with Gasteiger partial charge in [0.15, 0.2) is 0 Å². The van der Waals surface area contributed by atoms with Crippen molar-refractivity contribution in [2.24, 2.45) is 5.92 Å². The standard InChI is InChI=1S/C24H35N7O5S2/c1-3-12-38(35,36)29-19-6-4-18(5-7-19)14-25-21-13-22(30-10-8-20(32)9-11-30)27-23(26-21)28-31-15-17(2)16-37(31)24(33)34/h4-7,13,16-17,20,29,32H,3,8-12,14-15H2,1-2H3,(H,33,34)(H2,25,26,27,28). The van der Waals surface area contributed by atoms with Gasteiger partial charge >= 0.3 is 5.30 Å². The number of aliphatic hydroxyl groups is 1. The maximum absolute atomic E-state index is 12.0. The van der Waals surface area contributed by atoms with E-state index in [1.165, 1.54) is 0 Å². The van der Waals surface area contributed by atoms with Crippen molar-refractivity contribution in [1.82, 2.24) is 14.4 Å². The molecule has 1 aromatic heterocycles. The summed E-state index contributed by atoms with van der Waals surface area (Å²) in [6, 6.07) is 8.96. The highest BCUT2D eigenvalue weighted by Gasteiger charge is 2.27. The van der Waals surface area contributed by atoms with Gasteiger partial charge < -0.3 is 20.4 Å². The predicted molar refractivity (Wildman–Crippen MR) is 152 cm³/mol. The van der Waals surface area contributed by atoms with E-state index in [2.05, 4.69) is 30.3 Å². The Hall–Kier alpha value is -2.94. The van der Waals surface area contributed by atoms with Crippen molar-refractivity contribution in [2.45, 2.75) is 45.8 Å². The molecule has 208 valence electrons. The number of hydrazine groups is 1. The third-order valence-electron chi connectivity index (χ3n) is 6.13. The second kappa shape index (κ2) is 12.3. The molecule has 0 saturated carbocycles. The minimum Gasteiger partial charge on any atom is -0.473 e. The number of hydrogen-bond acceptors (Lipinski definition) is 10. The molecule has 2 atom stereocenters. The lowest BCUT2D eigenvalue weighted by atomic mass is 10.1. The number of aromatic nitrogens is 2. The monoisotopic (exact) mass is 565 g/mol. The van der Waals surface area contributed by atoms with Crippen molar-refractivity contribution >= 4 is 54.6 Å². The highest BCUT2D eigenvalue weighted by molar-refractivity contribution is 8.25. The Morgan fingerprint density at radius 3 is 2.55 bits per heavy atom. The maximum atomic E-state index is 12.0. The van der Waals surface area contributed by atoms with Crippen LogP contribution in [0.1, 0.15) is 38.7 Å². The summed E-state index contributed by atoms with van der Waals surface area (Å²) in [6.07, 6.45) is 1.51. The molecule has 3 heterocycles. The van der Waals surface area contributed by atoms with Crippen LogP contribution in [0.5, 0.6) is 0 Å². The topological polar surface area (TPSA) is 160 Å². The number of carboxylic acid groups (broad SMARTS) is 1. The van der Waals surface area contributed by atoms with Crippen LogP contribution in [0, 0.1) is 5.92 Å². The Morgan fingerprint density at radius 2 is 1.89 bits per heavy atom. The van der Waals surface area contributed by atoms with Crippen LogP contribution in [0.4, 0.5) is 28.1 Å². The van der Waals surface area contributed by atoms with Crippen molar-refractivity contribution < 1.29 is 23.4 Å². The molecule has 2 aromatic rings. The third-order valence-corrected chi connectivity index (χ3v) is 9.42. The van der Waals surface area contributed by atoms with Gasteiger partial charge in [-0.1, -0.05) is 26.0 Å². The third kappa shape index (κ3) is 7.56. The van der Waals surface area contributed by atoms with Crippen molar-refractivity contribution in [1.29, 1.82) is 0 Å². The smallest absolute Gasteiger partial charge is 0.374 e. The molecular weight excluding hydrogens is 530 g/mol. The van der Waals surface area contributed by atoms with Gasteiger partial charge in [-0.05, 0) is 48.2 Å². The van der Waals surface area contributed by atoms with Crippen LogP contribution in [0.2, 0.25) is 0 Å². The largest absolute Gasteiger partial charge is 0.473 e. The molecule has 1 aromatic carbocycles. The molecule has 2 aliphatic heterocycles. The van der Waals surface area contributed by atoms with E-state index < -0.39 is 26.0 Å². The average Bonchev–Trinajstić information content (AvgIpc) is 3.24. The number of nitrogens with zero attached hydrogens (tertiary/aromatic N) is 4. The van der Waals surface area contributed by atoms with Gasteiger partial charge in [0.2, 0.25) is 16.0 Å². The summed E-state index contributed by atoms with van der Waals surface area (Å²) >= 11 is 0. The molecule has 1 fully saturated rings. The first-order chi connectivity index (χ1) is 18.1. The van der Waals surface area contributed by atoms with Crippen molar-refractivity contribution in [3.8, 4) is 0 Å². The lowest BCUT2D eigenvalue weighted by Gasteiger charge is -2.31. The van der Waals surface area contributed by atoms with Gasteiger partial charge in [-0.2, -0.15) is 14.4 Å². The van der Waals surface area contributed by atoms with Crippen LogP contribution < -0.4 is 20.4 Å². The van der Waals surface area contributed by atoms with E-state index in [4.69, 9.17) is 0 Å². The number of aliphatic hydroxyl groups excluding tert-OH is 1. The molecule has 0 amide bonds. The summed E-state index contributed by atoms with van der Waals surface area (Å²) in [5, 5.41) is 23.7. The van der Waals surface area contributed by atoms with Crippen molar-refractivity contribution in [3.63, 3.8) is 0 Å². The van der Waals surface area contributed by atoms with Crippen LogP contribution in [-0.2, 0) is 16.6 Å². The molecule has 0 bridgehead atoms. The lowest BCUT2D eigenvalue weighted by molar-refractivity contribution is 0.145. The zero-order valence-electron chi connectivity index (χ0n) is 21.5. The molecule has 0 spiro atoms. The number of piperidine rings is 1. The van der Waals surface area contributed by atoms with Gasteiger partial charge in [0, 0.05) is 48.6 Å². The zero-order chi connectivity index (χ0) is 27.3. The zero-order valence-corrected chi connectivity index (χ0v) is 23.1. The fraction of sp³-hybridized carbons (Fsp3) is 0.500. The summed E-state index contributed by atoms with van der Waals surface area (Å²) in [5.74, 6) is 1.71. The molecule has 12 nitrogen and oxygen atoms in total. The molecule has 5 N–H and O–H groups in total. The Labute approximate surface area is 225 Å². The summed E-state index contributed by atoms with van der Waals surface area (Å²) in [5.41, 5.74) is 4.53. The minimum absolute atomic E-state index is 0.0702. The van der Waals surface area contributed by atoms with E-state index in [-0.39, 0.29) is 23.7 Å². The molecule has 0 aliphatic carbocycles. The Morgan fingerprint density at radius 1 is 1.18 bits per heavy atom. The molecule has 14 heteroatoms. The van der Waals surface area contributed by atoms with Crippen LogP contribution >= 0.6 is 10.7 Å². The number of nitrogens with one attached hydrogen (secondary N) is 3. The Kier molecular flexibility index (Phi) is 9.07. The van der Waals surface area contributed by atoms with Crippen LogP contribution in [0.3, 0.4) is 0 Å². The molecule has 2 aliphatic rings.